The second-order valence-electron chi connectivity index (χ2n) is 12.2. The van der Waals surface area contributed by atoms with Gasteiger partial charge < -0.3 is 24.4 Å². The van der Waals surface area contributed by atoms with E-state index in [1.807, 2.05) is 0 Å². The first kappa shape index (κ1) is 28.6. The summed E-state index contributed by atoms with van der Waals surface area (Å²) in [5.41, 5.74) is -0.309. The van der Waals surface area contributed by atoms with Crippen molar-refractivity contribution < 1.29 is 23.9 Å². The third-order valence-corrected chi connectivity index (χ3v) is 15.4. The fourth-order valence-electron chi connectivity index (χ4n) is 2.49. The Labute approximate surface area is 181 Å². The summed E-state index contributed by atoms with van der Waals surface area (Å²) in [4.78, 5) is 11.5. The molecule has 3 atom stereocenters. The van der Waals surface area contributed by atoms with Crippen molar-refractivity contribution in [2.75, 3.05) is 6.61 Å². The molecule has 29 heavy (non-hydrogen) atoms. The number of carbonyl (C=O) groups is 1. The summed E-state index contributed by atoms with van der Waals surface area (Å²) in [6, 6.07) is -0.768. The van der Waals surface area contributed by atoms with Gasteiger partial charge in [-0.3, -0.25) is 0 Å². The Morgan fingerprint density at radius 3 is 1.52 bits per heavy atom. The Bertz CT molecular complexity index is 545. The van der Waals surface area contributed by atoms with Crippen LogP contribution >= 0.6 is 0 Å². The smallest absolute Gasteiger partial charge is 0.405 e. The first-order valence-electron chi connectivity index (χ1n) is 10.5. The molecule has 0 aromatic carbocycles. The van der Waals surface area contributed by atoms with Crippen LogP contribution in [-0.2, 0) is 8.85 Å². The van der Waals surface area contributed by atoms with Crippen LogP contribution in [0.25, 0.3) is 0 Å². The number of hydrogen-bond acceptors (Lipinski definition) is 4. The Kier molecular flexibility index (Phi) is 9.25. The van der Waals surface area contributed by atoms with Crippen molar-refractivity contribution >= 4 is 22.7 Å². The van der Waals surface area contributed by atoms with Gasteiger partial charge in [0.2, 0.25) is 0 Å². The van der Waals surface area contributed by atoms with Gasteiger partial charge in [0.1, 0.15) is 0 Å². The molecule has 0 fully saturated rings. The highest BCUT2D eigenvalue weighted by Crippen LogP contribution is 2.43. The molecule has 0 saturated heterocycles. The minimum absolute atomic E-state index is 0.00698. The molecule has 0 aliphatic heterocycles. The predicted octanol–water partition coefficient (Wildman–Crippen LogP) is 5.44. The lowest BCUT2D eigenvalue weighted by Crippen LogP contribution is -2.62. The normalized spacial score (nSPS) is 17.6. The van der Waals surface area contributed by atoms with Crippen molar-refractivity contribution in [3.05, 3.63) is 0 Å². The SMILES string of the molecule is CC(C)(C)C(O[Si](C)(C)C(C)(C)C)[C@@H](O[Si](C)(C)C(C)(C)C)[C@H](CO)NC(=O)O. The number of rotatable bonds is 8. The third kappa shape index (κ3) is 7.97. The van der Waals surface area contributed by atoms with Gasteiger partial charge in [-0.15, -0.1) is 0 Å². The number of nitrogens with one attached hydrogen (secondary N) is 1. The Balaban J connectivity index is 6.40. The molecule has 1 unspecified atom stereocenters. The summed E-state index contributed by atoms with van der Waals surface area (Å²) in [7, 11) is -4.45. The minimum Gasteiger partial charge on any atom is -0.465 e. The van der Waals surface area contributed by atoms with Crippen LogP contribution in [0.2, 0.25) is 36.3 Å². The van der Waals surface area contributed by atoms with E-state index < -0.39 is 34.9 Å². The van der Waals surface area contributed by atoms with Gasteiger partial charge in [0, 0.05) is 0 Å². The summed E-state index contributed by atoms with van der Waals surface area (Å²) in [6.45, 7) is 27.6. The van der Waals surface area contributed by atoms with Crippen molar-refractivity contribution in [3.8, 4) is 0 Å². The van der Waals surface area contributed by atoms with Crippen LogP contribution in [0.4, 0.5) is 4.79 Å². The average molecular weight is 450 g/mol. The Hall–Kier alpha value is -0.416. The van der Waals surface area contributed by atoms with Gasteiger partial charge in [0.15, 0.2) is 16.6 Å². The number of aliphatic hydroxyl groups excluding tert-OH is 1. The van der Waals surface area contributed by atoms with E-state index in [0.717, 1.165) is 0 Å². The van der Waals surface area contributed by atoms with Crippen LogP contribution in [0.15, 0.2) is 0 Å². The first-order chi connectivity index (χ1) is 12.6. The monoisotopic (exact) mass is 449 g/mol. The zero-order chi connectivity index (χ0) is 23.6. The molecule has 8 heteroatoms. The first-order valence-corrected chi connectivity index (χ1v) is 16.3. The summed E-state index contributed by atoms with van der Waals surface area (Å²) in [6.07, 6.45) is -2.14. The summed E-state index contributed by atoms with van der Waals surface area (Å²) in [5, 5.41) is 21.9. The minimum atomic E-state index is -2.27. The standard InChI is InChI=1S/C21H47NO5Si2/c1-19(2,3)17(27-29(12,13)21(7,8)9)16(15(14-23)22-18(24)25)26-28(10,11)20(4,5)6/h15-17,22-23H,14H2,1-13H3,(H,24,25)/t15-,16-,17?/m0/s1. The number of amides is 1. The highest BCUT2D eigenvalue weighted by atomic mass is 28.4. The Morgan fingerprint density at radius 1 is 0.862 bits per heavy atom. The average Bonchev–Trinajstić information content (AvgIpc) is 2.44. The lowest BCUT2D eigenvalue weighted by molar-refractivity contribution is -0.0515. The highest BCUT2D eigenvalue weighted by Gasteiger charge is 2.49. The molecule has 0 aliphatic carbocycles. The van der Waals surface area contributed by atoms with Crippen LogP contribution in [-0.4, -0.2) is 57.8 Å². The van der Waals surface area contributed by atoms with E-state index in [1.54, 1.807) is 0 Å². The van der Waals surface area contributed by atoms with E-state index in [9.17, 15) is 15.0 Å². The van der Waals surface area contributed by atoms with E-state index in [2.05, 4.69) is 93.8 Å². The molecule has 0 spiro atoms. The van der Waals surface area contributed by atoms with Gasteiger partial charge >= 0.3 is 6.09 Å². The van der Waals surface area contributed by atoms with Crippen LogP contribution in [0.3, 0.4) is 0 Å². The maximum absolute atomic E-state index is 11.5. The maximum atomic E-state index is 11.5. The fourth-order valence-corrected chi connectivity index (χ4v) is 5.29. The van der Waals surface area contributed by atoms with Crippen LogP contribution in [0, 0.1) is 5.41 Å². The van der Waals surface area contributed by atoms with E-state index in [0.29, 0.717) is 0 Å². The van der Waals surface area contributed by atoms with Crippen molar-refractivity contribution in [2.45, 2.75) is 117 Å². The summed E-state index contributed by atoms with van der Waals surface area (Å²) < 4.78 is 13.6. The lowest BCUT2D eigenvalue weighted by Gasteiger charge is -2.50. The Morgan fingerprint density at radius 2 is 1.24 bits per heavy atom. The number of hydrogen-bond donors (Lipinski definition) is 3. The van der Waals surface area contributed by atoms with Gasteiger partial charge in [-0.1, -0.05) is 62.3 Å². The molecule has 0 radical (unpaired) electrons. The van der Waals surface area contributed by atoms with Gasteiger partial charge in [-0.2, -0.15) is 0 Å². The van der Waals surface area contributed by atoms with E-state index in [-0.39, 0.29) is 28.2 Å². The molecule has 0 aromatic heterocycles. The van der Waals surface area contributed by atoms with Gasteiger partial charge in [0.05, 0.1) is 24.9 Å². The largest absolute Gasteiger partial charge is 0.465 e. The van der Waals surface area contributed by atoms with E-state index >= 15 is 0 Å². The molecule has 0 aliphatic rings. The highest BCUT2D eigenvalue weighted by molar-refractivity contribution is 6.74. The quantitative estimate of drug-likeness (QED) is 0.429. The third-order valence-electron chi connectivity index (χ3n) is 6.52. The van der Waals surface area contributed by atoms with Crippen molar-refractivity contribution in [1.82, 2.24) is 5.32 Å². The molecule has 6 nitrogen and oxygen atoms in total. The van der Waals surface area contributed by atoms with Crippen molar-refractivity contribution in [2.24, 2.45) is 5.41 Å². The van der Waals surface area contributed by atoms with Crippen LogP contribution < -0.4 is 5.32 Å². The van der Waals surface area contributed by atoms with Gasteiger partial charge in [-0.25, -0.2) is 4.79 Å². The van der Waals surface area contributed by atoms with Crippen LogP contribution in [0.5, 0.6) is 0 Å². The molecule has 0 rings (SSSR count). The summed E-state index contributed by atoms with van der Waals surface area (Å²) >= 11 is 0. The van der Waals surface area contributed by atoms with Gasteiger partial charge in [-0.05, 0) is 41.7 Å². The maximum Gasteiger partial charge on any atom is 0.405 e. The van der Waals surface area contributed by atoms with Crippen molar-refractivity contribution in [1.29, 1.82) is 0 Å². The molecular formula is C21H47NO5Si2. The second kappa shape index (κ2) is 9.38. The molecule has 0 aromatic rings. The van der Waals surface area contributed by atoms with Gasteiger partial charge in [0.25, 0.3) is 0 Å². The topological polar surface area (TPSA) is 88.0 Å². The van der Waals surface area contributed by atoms with Crippen molar-refractivity contribution in [3.63, 3.8) is 0 Å². The number of aliphatic hydroxyl groups is 1. The molecule has 174 valence electrons. The molecular weight excluding hydrogens is 402 g/mol. The fraction of sp³-hybridized carbons (Fsp3) is 0.952. The van der Waals surface area contributed by atoms with E-state index in [1.165, 1.54) is 0 Å². The number of carboxylic acid groups (broad SMARTS) is 1. The summed E-state index contributed by atoms with van der Waals surface area (Å²) in [5.74, 6) is 0. The molecule has 0 saturated carbocycles. The molecule has 0 bridgehead atoms. The lowest BCUT2D eigenvalue weighted by atomic mass is 9.83. The zero-order valence-electron chi connectivity index (χ0n) is 21.1. The second-order valence-corrected chi connectivity index (χ2v) is 21.8. The predicted molar refractivity (Wildman–Crippen MR) is 126 cm³/mol. The zero-order valence-corrected chi connectivity index (χ0v) is 23.1. The van der Waals surface area contributed by atoms with E-state index in [4.69, 9.17) is 8.85 Å². The van der Waals surface area contributed by atoms with Crippen LogP contribution in [0.1, 0.15) is 62.3 Å². The molecule has 1 amide bonds. The molecule has 0 heterocycles. The molecule has 3 N–H and O–H groups in total.